The van der Waals surface area contributed by atoms with Gasteiger partial charge in [-0.3, -0.25) is 4.79 Å². The van der Waals surface area contributed by atoms with Gasteiger partial charge in [0.1, 0.15) is 10.8 Å². The molecule has 1 amide bonds. The Morgan fingerprint density at radius 3 is 2.81 bits per heavy atom. The molecule has 0 saturated heterocycles. The highest BCUT2D eigenvalue weighted by Gasteiger charge is 2.18. The van der Waals surface area contributed by atoms with E-state index in [2.05, 4.69) is 21.2 Å². The molecule has 0 aliphatic heterocycles. The maximum atomic E-state index is 13.4. The molecule has 0 aliphatic rings. The highest BCUT2D eigenvalue weighted by atomic mass is 79.9. The van der Waals surface area contributed by atoms with Gasteiger partial charge in [-0.1, -0.05) is 6.07 Å². The molecule has 7 heteroatoms. The molecule has 1 heterocycles. The van der Waals surface area contributed by atoms with Gasteiger partial charge in [0.25, 0.3) is 5.91 Å². The Kier molecular flexibility index (Phi) is 5.08. The third-order valence-electron chi connectivity index (χ3n) is 2.58. The van der Waals surface area contributed by atoms with Gasteiger partial charge in [-0.25, -0.2) is 9.18 Å². The third kappa shape index (κ3) is 3.48. The Hall–Kier alpha value is -1.73. The lowest BCUT2D eigenvalue weighted by Crippen LogP contribution is -2.15. The van der Waals surface area contributed by atoms with Crippen molar-refractivity contribution in [2.24, 2.45) is 0 Å². The van der Waals surface area contributed by atoms with Crippen molar-refractivity contribution in [2.75, 3.05) is 11.9 Å². The first-order valence-electron chi connectivity index (χ1n) is 6.04. The number of rotatable bonds is 4. The van der Waals surface area contributed by atoms with Crippen molar-refractivity contribution in [1.29, 1.82) is 0 Å². The molecule has 0 spiro atoms. The summed E-state index contributed by atoms with van der Waals surface area (Å²) < 4.78 is 18.4. The molecule has 0 atom stereocenters. The van der Waals surface area contributed by atoms with Crippen LogP contribution >= 0.6 is 27.3 Å². The Morgan fingerprint density at radius 2 is 2.10 bits per heavy atom. The molecule has 0 fully saturated rings. The zero-order chi connectivity index (χ0) is 15.4. The monoisotopic (exact) mass is 371 g/mol. The summed E-state index contributed by atoms with van der Waals surface area (Å²) in [5.41, 5.74) is 0.431. The summed E-state index contributed by atoms with van der Waals surface area (Å²) in [6.45, 7) is 1.95. The molecular weight excluding hydrogens is 361 g/mol. The van der Waals surface area contributed by atoms with E-state index >= 15 is 0 Å². The number of esters is 1. The lowest BCUT2D eigenvalue weighted by molar-refractivity contribution is 0.0528. The second kappa shape index (κ2) is 6.82. The Labute approximate surface area is 133 Å². The molecule has 1 aromatic heterocycles. The number of thiophene rings is 1. The maximum Gasteiger partial charge on any atom is 0.341 e. The highest BCUT2D eigenvalue weighted by Crippen LogP contribution is 2.26. The first kappa shape index (κ1) is 15.7. The maximum absolute atomic E-state index is 13.4. The van der Waals surface area contributed by atoms with Gasteiger partial charge in [-0.2, -0.15) is 0 Å². The van der Waals surface area contributed by atoms with E-state index in [1.165, 1.54) is 29.5 Å². The molecule has 110 valence electrons. The van der Waals surface area contributed by atoms with E-state index in [1.54, 1.807) is 18.4 Å². The molecular formula is C14H11BrFNO3S. The van der Waals surface area contributed by atoms with Crippen LogP contribution in [-0.4, -0.2) is 18.5 Å². The second-order valence-corrected chi connectivity index (χ2v) is 5.65. The first-order valence-corrected chi connectivity index (χ1v) is 7.71. The van der Waals surface area contributed by atoms with Crippen molar-refractivity contribution < 1.29 is 18.7 Å². The number of nitrogens with one attached hydrogen (secondary N) is 1. The zero-order valence-electron chi connectivity index (χ0n) is 11.0. The molecule has 2 aromatic rings. The van der Waals surface area contributed by atoms with E-state index in [4.69, 9.17) is 4.74 Å². The van der Waals surface area contributed by atoms with Gasteiger partial charge >= 0.3 is 5.97 Å². The lowest BCUT2D eigenvalue weighted by Gasteiger charge is -2.07. The summed E-state index contributed by atoms with van der Waals surface area (Å²) >= 11 is 4.23. The van der Waals surface area contributed by atoms with E-state index < -0.39 is 17.7 Å². The van der Waals surface area contributed by atoms with Crippen LogP contribution in [0.2, 0.25) is 0 Å². The number of amides is 1. The lowest BCUT2D eigenvalue weighted by atomic mass is 10.2. The summed E-state index contributed by atoms with van der Waals surface area (Å²) in [7, 11) is 0. The fourth-order valence-electron chi connectivity index (χ4n) is 1.63. The summed E-state index contributed by atoms with van der Waals surface area (Å²) in [5, 5.41) is 4.64. The van der Waals surface area contributed by atoms with Crippen molar-refractivity contribution in [3.63, 3.8) is 0 Å². The normalized spacial score (nSPS) is 10.2. The molecule has 0 radical (unpaired) electrons. The summed E-state index contributed by atoms with van der Waals surface area (Å²) in [6.07, 6.45) is 0. The standard InChI is InChI=1S/C14H11BrFNO3S/c1-2-20-14(19)9-6-7-21-13(9)17-12(18)8-4-3-5-10(16)11(8)15/h3-7H,2H2,1H3,(H,17,18). The number of benzene rings is 1. The minimum atomic E-state index is -0.528. The van der Waals surface area contributed by atoms with Gasteiger partial charge in [0.15, 0.2) is 0 Å². The molecule has 2 rings (SSSR count). The fraction of sp³-hybridized carbons (Fsp3) is 0.143. The van der Waals surface area contributed by atoms with Gasteiger partial charge in [0.05, 0.1) is 22.2 Å². The number of halogens is 2. The molecule has 0 saturated carbocycles. The Morgan fingerprint density at radius 1 is 1.33 bits per heavy atom. The van der Waals surface area contributed by atoms with Gasteiger partial charge in [0, 0.05) is 0 Å². The predicted molar refractivity (Wildman–Crippen MR) is 82.3 cm³/mol. The Bertz CT molecular complexity index is 687. The number of carbonyl (C=O) groups excluding carboxylic acids is 2. The Balaban J connectivity index is 2.23. The zero-order valence-corrected chi connectivity index (χ0v) is 13.4. The van der Waals surface area contributed by atoms with Gasteiger partial charge < -0.3 is 10.1 Å². The molecule has 0 bridgehead atoms. The summed E-state index contributed by atoms with van der Waals surface area (Å²) in [6, 6.07) is 5.74. The predicted octanol–water partition coefficient (Wildman–Crippen LogP) is 4.08. The van der Waals surface area contributed by atoms with Gasteiger partial charge in [-0.05, 0) is 46.4 Å². The number of carbonyl (C=O) groups is 2. The second-order valence-electron chi connectivity index (χ2n) is 3.94. The third-order valence-corrected chi connectivity index (χ3v) is 4.22. The van der Waals surface area contributed by atoms with Crippen LogP contribution in [0.1, 0.15) is 27.6 Å². The largest absolute Gasteiger partial charge is 0.462 e. The van der Waals surface area contributed by atoms with Crippen LogP contribution in [0.25, 0.3) is 0 Å². The van der Waals surface area contributed by atoms with E-state index in [1.807, 2.05) is 0 Å². The van der Waals surface area contributed by atoms with E-state index in [0.717, 1.165) is 0 Å². The van der Waals surface area contributed by atoms with Crippen LogP contribution in [0.5, 0.6) is 0 Å². The van der Waals surface area contributed by atoms with Crippen LogP contribution in [0.3, 0.4) is 0 Å². The SMILES string of the molecule is CCOC(=O)c1ccsc1NC(=O)c1cccc(F)c1Br. The average Bonchev–Trinajstić information content (AvgIpc) is 2.90. The van der Waals surface area contributed by atoms with Crippen molar-refractivity contribution in [1.82, 2.24) is 0 Å². The number of anilines is 1. The molecule has 1 aromatic carbocycles. The van der Waals surface area contributed by atoms with E-state index in [9.17, 15) is 14.0 Å². The quantitative estimate of drug-likeness (QED) is 0.823. The topological polar surface area (TPSA) is 55.4 Å². The minimum absolute atomic E-state index is 0.0803. The van der Waals surface area contributed by atoms with Crippen molar-refractivity contribution in [3.05, 3.63) is 51.1 Å². The first-order chi connectivity index (χ1) is 10.0. The van der Waals surface area contributed by atoms with Crippen LogP contribution in [0, 0.1) is 5.82 Å². The minimum Gasteiger partial charge on any atom is -0.462 e. The highest BCUT2D eigenvalue weighted by molar-refractivity contribution is 9.10. The van der Waals surface area contributed by atoms with Crippen molar-refractivity contribution in [3.8, 4) is 0 Å². The average molecular weight is 372 g/mol. The summed E-state index contributed by atoms with van der Waals surface area (Å²) in [4.78, 5) is 23.9. The molecule has 21 heavy (non-hydrogen) atoms. The van der Waals surface area contributed by atoms with Crippen LogP contribution in [-0.2, 0) is 4.74 Å². The number of hydrogen-bond donors (Lipinski definition) is 1. The summed E-state index contributed by atoms with van der Waals surface area (Å²) in [5.74, 6) is -1.54. The van der Waals surface area contributed by atoms with Crippen molar-refractivity contribution >= 4 is 44.1 Å². The van der Waals surface area contributed by atoms with E-state index in [0.29, 0.717) is 5.00 Å². The molecule has 4 nitrogen and oxygen atoms in total. The van der Waals surface area contributed by atoms with Gasteiger partial charge in [0.2, 0.25) is 0 Å². The number of hydrogen-bond acceptors (Lipinski definition) is 4. The number of ether oxygens (including phenoxy) is 1. The van der Waals surface area contributed by atoms with E-state index in [-0.39, 0.29) is 22.2 Å². The fourth-order valence-corrected chi connectivity index (χ4v) is 2.84. The van der Waals surface area contributed by atoms with Crippen LogP contribution in [0.4, 0.5) is 9.39 Å². The van der Waals surface area contributed by atoms with Gasteiger partial charge in [-0.15, -0.1) is 11.3 Å². The van der Waals surface area contributed by atoms with Crippen molar-refractivity contribution in [2.45, 2.75) is 6.92 Å². The van der Waals surface area contributed by atoms with Crippen LogP contribution in [0.15, 0.2) is 34.1 Å². The molecule has 1 N–H and O–H groups in total. The van der Waals surface area contributed by atoms with Crippen LogP contribution < -0.4 is 5.32 Å². The smallest absolute Gasteiger partial charge is 0.341 e. The molecule has 0 unspecified atom stereocenters. The molecule has 0 aliphatic carbocycles.